The summed E-state index contributed by atoms with van der Waals surface area (Å²) in [6, 6.07) is 4.38. The number of nitrogens with zero attached hydrogens (tertiary/aromatic N) is 2. The summed E-state index contributed by atoms with van der Waals surface area (Å²) in [6.07, 6.45) is 4.68. The largest absolute Gasteiger partial charge is 0.198 e. The predicted molar refractivity (Wildman–Crippen MR) is 48.1 cm³/mol. The van der Waals surface area contributed by atoms with Crippen LogP contribution in [0.15, 0.2) is 0 Å². The molecule has 12 heavy (non-hydrogen) atoms. The van der Waals surface area contributed by atoms with Crippen LogP contribution in [0.3, 0.4) is 0 Å². The molecule has 0 aromatic rings. The number of unbranched alkanes of at least 4 members (excludes halogenated alkanes) is 3. The molecule has 0 aliphatic heterocycles. The van der Waals surface area contributed by atoms with Gasteiger partial charge in [0.15, 0.2) is 0 Å². The molecule has 0 fully saturated rings. The summed E-state index contributed by atoms with van der Waals surface area (Å²) in [5.74, 6) is 0. The molecule has 66 valence electrons. The quantitative estimate of drug-likeness (QED) is 0.586. The standard InChI is InChI=1S/C10H16N2/c1-10(2,9-12)7-5-3-4-6-8-11/h3-7H2,1-2H3. The minimum Gasteiger partial charge on any atom is -0.198 e. The molecule has 0 saturated carbocycles. The zero-order valence-corrected chi connectivity index (χ0v) is 7.93. The lowest BCUT2D eigenvalue weighted by atomic mass is 9.89. The van der Waals surface area contributed by atoms with Crippen molar-refractivity contribution >= 4 is 0 Å². The molecule has 2 nitrogen and oxygen atoms in total. The third-order valence-electron chi connectivity index (χ3n) is 1.89. The molecule has 0 heterocycles. The summed E-state index contributed by atoms with van der Waals surface area (Å²) in [7, 11) is 0. The lowest BCUT2D eigenvalue weighted by molar-refractivity contribution is 0.423. The highest BCUT2D eigenvalue weighted by Gasteiger charge is 2.14. The first-order valence-electron chi connectivity index (χ1n) is 4.40. The maximum atomic E-state index is 8.69. The van der Waals surface area contributed by atoms with E-state index in [1.54, 1.807) is 0 Å². The van der Waals surface area contributed by atoms with Crippen LogP contribution in [0.2, 0.25) is 0 Å². The van der Waals surface area contributed by atoms with E-state index in [1.807, 2.05) is 13.8 Å². The van der Waals surface area contributed by atoms with Crippen molar-refractivity contribution in [2.75, 3.05) is 0 Å². The molecule has 0 spiro atoms. The van der Waals surface area contributed by atoms with Crippen LogP contribution in [0.1, 0.15) is 46.0 Å². The average molecular weight is 164 g/mol. The minimum atomic E-state index is -0.188. The van der Waals surface area contributed by atoms with E-state index >= 15 is 0 Å². The Morgan fingerprint density at radius 1 is 1.08 bits per heavy atom. The normalized spacial score (nSPS) is 10.3. The van der Waals surface area contributed by atoms with Crippen LogP contribution >= 0.6 is 0 Å². The van der Waals surface area contributed by atoms with Crippen molar-refractivity contribution in [2.24, 2.45) is 5.41 Å². The van der Waals surface area contributed by atoms with E-state index in [0.717, 1.165) is 25.7 Å². The second kappa shape index (κ2) is 5.61. The van der Waals surface area contributed by atoms with Crippen LogP contribution in [0, 0.1) is 28.1 Å². The van der Waals surface area contributed by atoms with E-state index < -0.39 is 0 Å². The Morgan fingerprint density at radius 2 is 1.75 bits per heavy atom. The van der Waals surface area contributed by atoms with Crippen LogP contribution in [-0.2, 0) is 0 Å². The van der Waals surface area contributed by atoms with Gasteiger partial charge in [-0.25, -0.2) is 0 Å². The first-order valence-corrected chi connectivity index (χ1v) is 4.40. The van der Waals surface area contributed by atoms with Gasteiger partial charge in [-0.15, -0.1) is 0 Å². The lowest BCUT2D eigenvalue weighted by Gasteiger charge is -2.13. The number of nitriles is 2. The fourth-order valence-corrected chi connectivity index (χ4v) is 1.00. The van der Waals surface area contributed by atoms with Gasteiger partial charge in [-0.3, -0.25) is 0 Å². The number of hydrogen-bond donors (Lipinski definition) is 0. The molecule has 0 atom stereocenters. The number of rotatable bonds is 5. The average Bonchev–Trinajstić information content (AvgIpc) is 2.04. The van der Waals surface area contributed by atoms with Crippen LogP contribution in [0.5, 0.6) is 0 Å². The van der Waals surface area contributed by atoms with Crippen LogP contribution in [-0.4, -0.2) is 0 Å². The molecule has 0 N–H and O–H groups in total. The number of hydrogen-bond acceptors (Lipinski definition) is 2. The van der Waals surface area contributed by atoms with E-state index in [1.165, 1.54) is 0 Å². The van der Waals surface area contributed by atoms with E-state index in [4.69, 9.17) is 10.5 Å². The van der Waals surface area contributed by atoms with E-state index in [9.17, 15) is 0 Å². The summed E-state index contributed by atoms with van der Waals surface area (Å²) in [5.41, 5.74) is -0.188. The van der Waals surface area contributed by atoms with E-state index in [2.05, 4.69) is 12.1 Å². The Kier molecular flexibility index (Phi) is 5.13. The summed E-state index contributed by atoms with van der Waals surface area (Å²) in [4.78, 5) is 0. The summed E-state index contributed by atoms with van der Waals surface area (Å²) >= 11 is 0. The van der Waals surface area contributed by atoms with Crippen molar-refractivity contribution < 1.29 is 0 Å². The van der Waals surface area contributed by atoms with Gasteiger partial charge < -0.3 is 0 Å². The summed E-state index contributed by atoms with van der Waals surface area (Å²) in [5, 5.41) is 17.0. The molecule has 0 radical (unpaired) electrons. The molecule has 0 unspecified atom stereocenters. The Hall–Kier alpha value is -1.02. The van der Waals surface area contributed by atoms with Crippen molar-refractivity contribution in [1.29, 1.82) is 10.5 Å². The first-order chi connectivity index (χ1) is 5.62. The zero-order valence-electron chi connectivity index (χ0n) is 7.93. The second-order valence-electron chi connectivity index (χ2n) is 3.71. The van der Waals surface area contributed by atoms with Gasteiger partial charge in [0.05, 0.1) is 17.6 Å². The highest BCUT2D eigenvalue weighted by molar-refractivity contribution is 4.91. The molecular weight excluding hydrogens is 148 g/mol. The SMILES string of the molecule is CC(C)(C#N)CCCCCC#N. The summed E-state index contributed by atoms with van der Waals surface area (Å²) < 4.78 is 0. The second-order valence-corrected chi connectivity index (χ2v) is 3.71. The van der Waals surface area contributed by atoms with Crippen molar-refractivity contribution in [3.8, 4) is 12.1 Å². The van der Waals surface area contributed by atoms with Crippen molar-refractivity contribution in [3.63, 3.8) is 0 Å². The molecule has 0 saturated heterocycles. The molecule has 0 aliphatic carbocycles. The molecule has 0 aliphatic rings. The van der Waals surface area contributed by atoms with Crippen LogP contribution in [0.4, 0.5) is 0 Å². The molecular formula is C10H16N2. The third kappa shape index (κ3) is 5.74. The van der Waals surface area contributed by atoms with Crippen LogP contribution < -0.4 is 0 Å². The van der Waals surface area contributed by atoms with Gasteiger partial charge >= 0.3 is 0 Å². The Labute approximate surface area is 74.8 Å². The minimum absolute atomic E-state index is 0.188. The van der Waals surface area contributed by atoms with Gasteiger partial charge in [-0.1, -0.05) is 12.8 Å². The Balaban J connectivity index is 3.34. The lowest BCUT2D eigenvalue weighted by Crippen LogP contribution is -2.06. The van der Waals surface area contributed by atoms with Crippen LogP contribution in [0.25, 0.3) is 0 Å². The molecule has 0 aromatic heterocycles. The fraction of sp³-hybridized carbons (Fsp3) is 0.800. The van der Waals surface area contributed by atoms with Gasteiger partial charge in [0.1, 0.15) is 0 Å². The first kappa shape index (κ1) is 11.0. The summed E-state index contributed by atoms with van der Waals surface area (Å²) in [6.45, 7) is 3.91. The van der Waals surface area contributed by atoms with Gasteiger partial charge in [-0.2, -0.15) is 10.5 Å². The van der Waals surface area contributed by atoms with Gasteiger partial charge in [0, 0.05) is 6.42 Å². The molecule has 0 amide bonds. The van der Waals surface area contributed by atoms with E-state index in [0.29, 0.717) is 6.42 Å². The fourth-order valence-electron chi connectivity index (χ4n) is 1.00. The highest BCUT2D eigenvalue weighted by atomic mass is 14.3. The van der Waals surface area contributed by atoms with Gasteiger partial charge in [0.25, 0.3) is 0 Å². The molecule has 2 heteroatoms. The molecule has 0 rings (SSSR count). The maximum absolute atomic E-state index is 8.69. The van der Waals surface area contributed by atoms with Crippen molar-refractivity contribution in [3.05, 3.63) is 0 Å². The van der Waals surface area contributed by atoms with Gasteiger partial charge in [0.2, 0.25) is 0 Å². The topological polar surface area (TPSA) is 47.6 Å². The van der Waals surface area contributed by atoms with Gasteiger partial charge in [-0.05, 0) is 26.7 Å². The zero-order chi connectivity index (χ0) is 9.45. The smallest absolute Gasteiger partial charge is 0.0683 e. The molecule has 0 bridgehead atoms. The van der Waals surface area contributed by atoms with Crippen molar-refractivity contribution in [2.45, 2.75) is 46.0 Å². The molecule has 0 aromatic carbocycles. The maximum Gasteiger partial charge on any atom is 0.0683 e. The monoisotopic (exact) mass is 164 g/mol. The highest BCUT2D eigenvalue weighted by Crippen LogP contribution is 2.22. The Bertz CT molecular complexity index is 193. The Morgan fingerprint density at radius 3 is 2.25 bits per heavy atom. The van der Waals surface area contributed by atoms with E-state index in [-0.39, 0.29) is 5.41 Å². The predicted octanol–water partition coefficient (Wildman–Crippen LogP) is 3.01. The third-order valence-corrected chi connectivity index (χ3v) is 1.89. The van der Waals surface area contributed by atoms with Crippen molar-refractivity contribution in [1.82, 2.24) is 0 Å².